The van der Waals surface area contributed by atoms with Gasteiger partial charge in [0.2, 0.25) is 0 Å². The zero-order chi connectivity index (χ0) is 21.5. The number of amides is 1. The van der Waals surface area contributed by atoms with E-state index < -0.39 is 17.5 Å². The van der Waals surface area contributed by atoms with Crippen LogP contribution in [0.3, 0.4) is 0 Å². The second-order valence-corrected chi connectivity index (χ2v) is 8.53. The molecular weight excluding hydrogens is 439 g/mol. The Morgan fingerprint density at radius 3 is 2.40 bits per heavy atom. The maximum absolute atomic E-state index is 12.9. The Bertz CT molecular complexity index is 1060. The van der Waals surface area contributed by atoms with Crippen molar-refractivity contribution in [2.75, 3.05) is 13.1 Å². The molecule has 30 heavy (non-hydrogen) atoms. The molecule has 0 radical (unpaired) electrons. The zero-order valence-electron chi connectivity index (χ0n) is 15.6. The first-order chi connectivity index (χ1) is 14.2. The lowest BCUT2D eigenvalue weighted by Gasteiger charge is -2.38. The van der Waals surface area contributed by atoms with Gasteiger partial charge in [0.05, 0.1) is 15.4 Å². The van der Waals surface area contributed by atoms with Gasteiger partial charge in [-0.15, -0.1) is 11.3 Å². The smallest absolute Gasteiger partial charge is 0.385 e. The molecule has 158 valence electrons. The quantitative estimate of drug-likeness (QED) is 0.619. The van der Waals surface area contributed by atoms with Crippen LogP contribution in [0.5, 0.6) is 0 Å². The van der Waals surface area contributed by atoms with Crippen LogP contribution in [0.1, 0.15) is 33.8 Å². The van der Waals surface area contributed by atoms with Gasteiger partial charge >= 0.3 is 6.18 Å². The Hall–Kier alpha value is -2.36. The topological polar surface area (TPSA) is 58.4 Å². The van der Waals surface area contributed by atoms with Crippen LogP contribution >= 0.6 is 23.1 Å². The van der Waals surface area contributed by atoms with Crippen LogP contribution in [0.4, 0.5) is 13.2 Å². The monoisotopic (exact) mass is 455 g/mol. The molecule has 3 aromatic rings. The molecule has 0 saturated carbocycles. The summed E-state index contributed by atoms with van der Waals surface area (Å²) < 4.78 is 39.0. The first-order valence-electron chi connectivity index (χ1n) is 9.18. The summed E-state index contributed by atoms with van der Waals surface area (Å²) in [6.07, 6.45) is -3.80. The minimum atomic E-state index is -4.62. The molecule has 1 saturated heterocycles. The van der Waals surface area contributed by atoms with Crippen molar-refractivity contribution in [2.45, 2.75) is 24.6 Å². The van der Waals surface area contributed by atoms with E-state index in [0.717, 1.165) is 23.0 Å². The van der Waals surface area contributed by atoms with Crippen molar-refractivity contribution >= 4 is 29.0 Å². The number of alkyl halides is 3. The Morgan fingerprint density at radius 2 is 1.80 bits per heavy atom. The fourth-order valence-electron chi connectivity index (χ4n) is 3.53. The standard InChI is InChI=1S/C20H17ClF3N3O2S/c21-27-17(20(22,23)24)12-14(25-27)15-6-7-16(30-15)18(28)26-10-8-19(29,9-11-26)13-4-2-1-3-5-13/h1-7,12,29H,8-11H2. The third-order valence-corrected chi connectivity index (χ3v) is 6.57. The summed E-state index contributed by atoms with van der Waals surface area (Å²) in [6, 6.07) is 13.3. The molecule has 2 aromatic heterocycles. The van der Waals surface area contributed by atoms with E-state index in [1.807, 2.05) is 30.3 Å². The molecule has 1 aliphatic rings. The maximum Gasteiger partial charge on any atom is 0.434 e. The van der Waals surface area contributed by atoms with Crippen molar-refractivity contribution in [3.63, 3.8) is 0 Å². The van der Waals surface area contributed by atoms with E-state index in [-0.39, 0.29) is 15.8 Å². The number of rotatable bonds is 3. The van der Waals surface area contributed by atoms with Crippen LogP contribution in [0.2, 0.25) is 0 Å². The highest BCUT2D eigenvalue weighted by Gasteiger charge is 2.37. The molecule has 1 aromatic carbocycles. The zero-order valence-corrected chi connectivity index (χ0v) is 17.1. The van der Waals surface area contributed by atoms with Crippen LogP contribution in [0.15, 0.2) is 48.5 Å². The Morgan fingerprint density at radius 1 is 1.13 bits per heavy atom. The number of benzene rings is 1. The third-order valence-electron chi connectivity index (χ3n) is 5.22. The van der Waals surface area contributed by atoms with Crippen molar-refractivity contribution in [1.29, 1.82) is 0 Å². The summed E-state index contributed by atoms with van der Waals surface area (Å²) in [4.78, 5) is 15.3. The van der Waals surface area contributed by atoms with Crippen LogP contribution in [0, 0.1) is 0 Å². The van der Waals surface area contributed by atoms with Crippen molar-refractivity contribution in [2.24, 2.45) is 0 Å². The molecule has 10 heteroatoms. The number of hydrogen-bond donors (Lipinski definition) is 1. The number of carbonyl (C=O) groups is 1. The van der Waals surface area contributed by atoms with E-state index in [9.17, 15) is 23.1 Å². The largest absolute Gasteiger partial charge is 0.434 e. The molecule has 4 rings (SSSR count). The maximum atomic E-state index is 12.9. The highest BCUT2D eigenvalue weighted by Crippen LogP contribution is 2.36. The molecule has 5 nitrogen and oxygen atoms in total. The minimum Gasteiger partial charge on any atom is -0.385 e. The van der Waals surface area contributed by atoms with Crippen molar-refractivity contribution in [1.82, 2.24) is 14.2 Å². The number of carbonyl (C=O) groups excluding carboxylic acids is 1. The van der Waals surface area contributed by atoms with E-state index in [1.165, 1.54) is 0 Å². The van der Waals surface area contributed by atoms with Gasteiger partial charge in [-0.2, -0.15) is 22.5 Å². The number of aliphatic hydroxyl groups is 1. The van der Waals surface area contributed by atoms with Crippen LogP contribution in [0.25, 0.3) is 10.6 Å². The highest BCUT2D eigenvalue weighted by atomic mass is 35.5. The van der Waals surface area contributed by atoms with E-state index in [0.29, 0.717) is 35.7 Å². The summed E-state index contributed by atoms with van der Waals surface area (Å²) >= 11 is 6.60. The molecule has 0 bridgehead atoms. The van der Waals surface area contributed by atoms with Gasteiger partial charge in [-0.1, -0.05) is 30.3 Å². The summed E-state index contributed by atoms with van der Waals surface area (Å²) in [7, 11) is 0. The SMILES string of the molecule is O=C(c1ccc(-c2cc(C(F)(F)F)n(Cl)n2)s1)N1CCC(O)(c2ccccc2)CC1. The average molecular weight is 456 g/mol. The molecule has 3 heterocycles. The van der Waals surface area contributed by atoms with Crippen LogP contribution < -0.4 is 0 Å². The minimum absolute atomic E-state index is 0.0541. The fraction of sp³-hybridized carbons (Fsp3) is 0.300. The van der Waals surface area contributed by atoms with E-state index >= 15 is 0 Å². The molecule has 1 N–H and O–H groups in total. The van der Waals surface area contributed by atoms with E-state index in [1.54, 1.807) is 17.0 Å². The van der Waals surface area contributed by atoms with Crippen LogP contribution in [-0.2, 0) is 11.8 Å². The van der Waals surface area contributed by atoms with Crippen LogP contribution in [-0.4, -0.2) is 38.3 Å². The lowest BCUT2D eigenvalue weighted by Crippen LogP contribution is -2.45. The summed E-state index contributed by atoms with van der Waals surface area (Å²) in [5.74, 6) is -0.220. The first kappa shape index (κ1) is 20.9. The Labute approximate surface area is 179 Å². The molecular formula is C20H17ClF3N3O2S. The van der Waals surface area contributed by atoms with E-state index in [2.05, 4.69) is 5.10 Å². The normalized spacial score (nSPS) is 16.6. The second-order valence-electron chi connectivity index (χ2n) is 7.13. The number of thiophene rings is 1. The molecule has 1 aliphatic heterocycles. The predicted octanol–water partition coefficient (Wildman–Crippen LogP) is 4.76. The summed E-state index contributed by atoms with van der Waals surface area (Å²) in [5.41, 5.74) is -1.16. The number of nitrogens with zero attached hydrogens (tertiary/aromatic N) is 3. The van der Waals surface area contributed by atoms with Crippen molar-refractivity contribution in [3.05, 3.63) is 64.7 Å². The Balaban J connectivity index is 1.47. The second kappa shape index (κ2) is 7.72. The lowest BCUT2D eigenvalue weighted by atomic mass is 9.84. The average Bonchev–Trinajstić information content (AvgIpc) is 3.35. The number of aromatic nitrogens is 2. The van der Waals surface area contributed by atoms with Gasteiger partial charge in [0.15, 0.2) is 5.69 Å². The summed E-state index contributed by atoms with van der Waals surface area (Å²) in [5, 5.41) is 14.6. The Kier molecular flexibility index (Phi) is 5.37. The van der Waals surface area contributed by atoms with E-state index in [4.69, 9.17) is 11.8 Å². The summed E-state index contributed by atoms with van der Waals surface area (Å²) in [6.45, 7) is 0.762. The van der Waals surface area contributed by atoms with Gasteiger partial charge in [-0.05, 0) is 36.6 Å². The lowest BCUT2D eigenvalue weighted by molar-refractivity contribution is -0.142. The van der Waals surface area contributed by atoms with Gasteiger partial charge in [-0.25, -0.2) is 0 Å². The number of likely N-dealkylation sites (tertiary alicyclic amines) is 1. The number of piperidine rings is 1. The molecule has 1 fully saturated rings. The fourth-order valence-corrected chi connectivity index (χ4v) is 4.69. The number of halogens is 4. The molecule has 0 aliphatic carbocycles. The van der Waals surface area contributed by atoms with Gasteiger partial charge in [0, 0.05) is 24.9 Å². The molecule has 0 atom stereocenters. The van der Waals surface area contributed by atoms with Gasteiger partial charge in [0.25, 0.3) is 5.91 Å². The van der Waals surface area contributed by atoms with Crippen molar-refractivity contribution in [3.8, 4) is 10.6 Å². The molecule has 0 spiro atoms. The third kappa shape index (κ3) is 3.97. The molecule has 0 unspecified atom stereocenters. The van der Waals surface area contributed by atoms with Gasteiger partial charge in [-0.3, -0.25) is 4.79 Å². The predicted molar refractivity (Wildman–Crippen MR) is 107 cm³/mol. The van der Waals surface area contributed by atoms with Gasteiger partial charge < -0.3 is 10.0 Å². The van der Waals surface area contributed by atoms with Gasteiger partial charge in [0.1, 0.15) is 5.69 Å². The first-order valence-corrected chi connectivity index (χ1v) is 10.3. The molecule has 1 amide bonds. The highest BCUT2D eigenvalue weighted by molar-refractivity contribution is 7.17. The number of hydrogen-bond acceptors (Lipinski definition) is 4. The van der Waals surface area contributed by atoms with Crippen molar-refractivity contribution < 1.29 is 23.1 Å².